The van der Waals surface area contributed by atoms with Gasteiger partial charge < -0.3 is 10.3 Å². The number of benzene rings is 1. The van der Waals surface area contributed by atoms with Crippen molar-refractivity contribution < 1.29 is 0 Å². The first-order valence-corrected chi connectivity index (χ1v) is 8.45. The van der Waals surface area contributed by atoms with Gasteiger partial charge in [0.25, 0.3) is 5.56 Å². The van der Waals surface area contributed by atoms with Gasteiger partial charge in [0.15, 0.2) is 0 Å². The minimum atomic E-state index is -0.0423. The number of aryl methyl sites for hydroxylation is 1. The van der Waals surface area contributed by atoms with Crippen molar-refractivity contribution in [2.75, 3.05) is 13.1 Å². The van der Waals surface area contributed by atoms with Crippen LogP contribution >= 0.6 is 0 Å². The molecule has 122 valence electrons. The molecule has 1 fully saturated rings. The molecule has 4 rings (SSSR count). The van der Waals surface area contributed by atoms with Crippen LogP contribution in [0.2, 0.25) is 0 Å². The number of nitrogens with zero attached hydrogens (tertiary/aromatic N) is 2. The van der Waals surface area contributed by atoms with E-state index in [1.54, 1.807) is 6.07 Å². The minimum Gasteiger partial charge on any atom is -0.317 e. The lowest BCUT2D eigenvalue weighted by Crippen LogP contribution is -2.28. The molecule has 1 saturated heterocycles. The average molecular weight is 312 g/mol. The molecule has 5 nitrogen and oxygen atoms in total. The summed E-state index contributed by atoms with van der Waals surface area (Å²) in [6, 6.07) is 7.86. The second-order valence-corrected chi connectivity index (χ2v) is 5.86. The van der Waals surface area contributed by atoms with Crippen LogP contribution in [0.3, 0.4) is 0 Å². The highest BCUT2D eigenvalue weighted by Crippen LogP contribution is 2.27. The minimum absolute atomic E-state index is 0.0423. The van der Waals surface area contributed by atoms with E-state index < -0.39 is 0 Å². The van der Waals surface area contributed by atoms with Crippen LogP contribution < -0.4 is 10.9 Å². The summed E-state index contributed by atoms with van der Waals surface area (Å²) in [7, 11) is 0. The summed E-state index contributed by atoms with van der Waals surface area (Å²) >= 11 is 0. The fourth-order valence-corrected chi connectivity index (χ4v) is 3.26. The molecule has 3 heterocycles. The molecule has 5 heteroatoms. The summed E-state index contributed by atoms with van der Waals surface area (Å²) < 4.78 is 1.93. The third-order valence-electron chi connectivity index (χ3n) is 4.35. The molecule has 0 saturated carbocycles. The van der Waals surface area contributed by atoms with Crippen LogP contribution in [0.1, 0.15) is 43.9 Å². The molecule has 0 bridgehead atoms. The number of hydrogen-bond acceptors (Lipinski definition) is 3. The van der Waals surface area contributed by atoms with E-state index in [1.807, 2.05) is 24.4 Å². The number of aromatic amines is 1. The zero-order valence-corrected chi connectivity index (χ0v) is 14.0. The Morgan fingerprint density at radius 3 is 2.65 bits per heavy atom. The molecule has 1 aliphatic heterocycles. The predicted molar refractivity (Wildman–Crippen MR) is 94.2 cm³/mol. The molecule has 0 spiro atoms. The van der Waals surface area contributed by atoms with Gasteiger partial charge in [0.05, 0.1) is 11.2 Å². The monoisotopic (exact) mass is 312 g/mol. The number of piperidine rings is 1. The second-order valence-electron chi connectivity index (χ2n) is 5.86. The van der Waals surface area contributed by atoms with Crippen LogP contribution in [-0.2, 0) is 0 Å². The van der Waals surface area contributed by atoms with Crippen molar-refractivity contribution in [2.45, 2.75) is 39.5 Å². The van der Waals surface area contributed by atoms with Gasteiger partial charge in [-0.15, -0.1) is 0 Å². The first-order chi connectivity index (χ1) is 11.2. The van der Waals surface area contributed by atoms with Crippen molar-refractivity contribution in [3.63, 3.8) is 0 Å². The summed E-state index contributed by atoms with van der Waals surface area (Å²) in [4.78, 5) is 15.0. The van der Waals surface area contributed by atoms with Crippen molar-refractivity contribution in [1.82, 2.24) is 19.9 Å². The van der Waals surface area contributed by atoms with E-state index in [-0.39, 0.29) is 5.56 Å². The summed E-state index contributed by atoms with van der Waals surface area (Å²) in [5, 5.41) is 9.08. The number of rotatable bonds is 1. The van der Waals surface area contributed by atoms with Gasteiger partial charge in [-0.05, 0) is 45.0 Å². The third kappa shape index (κ3) is 2.88. The Hall–Kier alpha value is -2.14. The summed E-state index contributed by atoms with van der Waals surface area (Å²) in [6.07, 6.45) is 2.10. The average Bonchev–Trinajstić information content (AvgIpc) is 2.94. The molecular formula is C18H24N4O. The van der Waals surface area contributed by atoms with E-state index in [9.17, 15) is 4.79 Å². The summed E-state index contributed by atoms with van der Waals surface area (Å²) in [5.41, 5.74) is 3.90. The number of aromatic nitrogens is 3. The smallest absolute Gasteiger partial charge is 0.251 e. The molecule has 1 aliphatic rings. The molecule has 1 aromatic carbocycles. The van der Waals surface area contributed by atoms with Gasteiger partial charge in [0.1, 0.15) is 5.65 Å². The van der Waals surface area contributed by atoms with E-state index in [0.717, 1.165) is 48.2 Å². The molecule has 0 aliphatic carbocycles. The van der Waals surface area contributed by atoms with Crippen LogP contribution in [0.15, 0.2) is 29.1 Å². The second kappa shape index (κ2) is 6.54. The van der Waals surface area contributed by atoms with E-state index in [4.69, 9.17) is 5.10 Å². The Morgan fingerprint density at radius 1 is 1.17 bits per heavy atom. The van der Waals surface area contributed by atoms with E-state index in [1.165, 1.54) is 5.56 Å². The maximum Gasteiger partial charge on any atom is 0.251 e. The van der Waals surface area contributed by atoms with Gasteiger partial charge >= 0.3 is 0 Å². The lowest BCUT2D eigenvalue weighted by Gasteiger charge is -2.23. The molecule has 3 aromatic rings. The van der Waals surface area contributed by atoms with Crippen molar-refractivity contribution >= 4 is 16.6 Å². The van der Waals surface area contributed by atoms with Gasteiger partial charge in [0.2, 0.25) is 0 Å². The van der Waals surface area contributed by atoms with Gasteiger partial charge in [0, 0.05) is 17.4 Å². The molecular weight excluding hydrogens is 288 g/mol. The third-order valence-corrected chi connectivity index (χ3v) is 4.35. The molecule has 23 heavy (non-hydrogen) atoms. The van der Waals surface area contributed by atoms with E-state index >= 15 is 0 Å². The topological polar surface area (TPSA) is 62.2 Å². The van der Waals surface area contributed by atoms with E-state index in [0.29, 0.717) is 5.92 Å². The van der Waals surface area contributed by atoms with Crippen LogP contribution in [0.25, 0.3) is 16.6 Å². The highest BCUT2D eigenvalue weighted by atomic mass is 16.1. The van der Waals surface area contributed by atoms with Crippen molar-refractivity contribution in [3.05, 3.63) is 45.9 Å². The van der Waals surface area contributed by atoms with Gasteiger partial charge in [-0.2, -0.15) is 5.10 Å². The quantitative estimate of drug-likeness (QED) is 0.726. The first-order valence-electron chi connectivity index (χ1n) is 8.45. The molecule has 0 radical (unpaired) electrons. The van der Waals surface area contributed by atoms with Crippen molar-refractivity contribution in [3.8, 4) is 0 Å². The van der Waals surface area contributed by atoms with Crippen LogP contribution in [-0.4, -0.2) is 27.7 Å². The zero-order valence-electron chi connectivity index (χ0n) is 14.0. The van der Waals surface area contributed by atoms with Crippen molar-refractivity contribution in [1.29, 1.82) is 0 Å². The number of hydrogen-bond donors (Lipinski definition) is 2. The number of nitrogens with one attached hydrogen (secondary N) is 2. The number of H-pyrrole nitrogens is 1. The van der Waals surface area contributed by atoms with Crippen LogP contribution in [0.5, 0.6) is 0 Å². The van der Waals surface area contributed by atoms with Gasteiger partial charge in [-0.25, -0.2) is 4.52 Å². The molecule has 0 atom stereocenters. The Bertz CT molecular complexity index is 872. The molecule has 0 unspecified atom stereocenters. The Kier molecular flexibility index (Phi) is 4.48. The van der Waals surface area contributed by atoms with E-state index in [2.05, 4.69) is 29.4 Å². The SMILES string of the molecule is CC.Cc1ccc2nn3c(C4CCNCC4)cc(=O)[nH]c3c2c1. The van der Waals surface area contributed by atoms with Gasteiger partial charge in [-0.1, -0.05) is 25.5 Å². The molecule has 2 N–H and O–H groups in total. The molecule has 2 aromatic heterocycles. The van der Waals surface area contributed by atoms with Gasteiger partial charge in [-0.3, -0.25) is 4.79 Å². The first kappa shape index (κ1) is 15.7. The number of fused-ring (bicyclic) bond motifs is 3. The Labute approximate surface area is 135 Å². The predicted octanol–water partition coefficient (Wildman–Crippen LogP) is 2.98. The fraction of sp³-hybridized carbons (Fsp3) is 0.444. The highest BCUT2D eigenvalue weighted by Gasteiger charge is 2.20. The summed E-state index contributed by atoms with van der Waals surface area (Å²) in [6.45, 7) is 8.05. The normalized spacial score (nSPS) is 15.6. The highest BCUT2D eigenvalue weighted by molar-refractivity contribution is 5.92. The largest absolute Gasteiger partial charge is 0.317 e. The lowest BCUT2D eigenvalue weighted by molar-refractivity contribution is 0.446. The van der Waals surface area contributed by atoms with Crippen LogP contribution in [0, 0.1) is 6.92 Å². The fourth-order valence-electron chi connectivity index (χ4n) is 3.26. The van der Waals surface area contributed by atoms with Crippen molar-refractivity contribution in [2.24, 2.45) is 0 Å². The Morgan fingerprint density at radius 2 is 1.91 bits per heavy atom. The lowest BCUT2D eigenvalue weighted by atomic mass is 9.94. The maximum absolute atomic E-state index is 12.1. The maximum atomic E-state index is 12.1. The summed E-state index contributed by atoms with van der Waals surface area (Å²) in [5.74, 6) is 0.395. The Balaban J connectivity index is 0.000000753. The zero-order chi connectivity index (χ0) is 16.4. The van der Waals surface area contributed by atoms with Crippen LogP contribution in [0.4, 0.5) is 0 Å². The molecule has 0 amide bonds. The standard InChI is InChI=1S/C16H18N4O.C2H6/c1-10-2-3-13-12(8-10)16-18-15(21)9-14(20(16)19-13)11-4-6-17-7-5-11;1-2/h2-3,8-9,11,17H,4-7H2,1H3,(H,18,21);1-2H3.